The van der Waals surface area contributed by atoms with E-state index in [4.69, 9.17) is 16.3 Å². The van der Waals surface area contributed by atoms with E-state index in [1.807, 2.05) is 6.07 Å². The van der Waals surface area contributed by atoms with Gasteiger partial charge in [0.15, 0.2) is 0 Å². The number of likely N-dealkylation sites (tertiary alicyclic amines) is 1. The van der Waals surface area contributed by atoms with Crippen molar-refractivity contribution in [1.29, 1.82) is 0 Å². The summed E-state index contributed by atoms with van der Waals surface area (Å²) in [5, 5.41) is 3.65. The number of methoxy groups -OCH3 is 1. The first kappa shape index (κ1) is 14.8. The number of halogens is 1. The van der Waals surface area contributed by atoms with E-state index in [1.54, 1.807) is 26.2 Å². The number of rotatable bonds is 5. The molecule has 1 atom stereocenters. The van der Waals surface area contributed by atoms with Gasteiger partial charge in [-0.1, -0.05) is 17.7 Å². The number of benzene rings is 1. The fourth-order valence-electron chi connectivity index (χ4n) is 2.30. The molecular formula is C14H17ClN2O3. The van der Waals surface area contributed by atoms with Gasteiger partial charge >= 0.3 is 0 Å². The van der Waals surface area contributed by atoms with Gasteiger partial charge in [-0.3, -0.25) is 14.5 Å². The Hall–Kier alpha value is -1.59. The topological polar surface area (TPSA) is 58.6 Å². The monoisotopic (exact) mass is 296 g/mol. The van der Waals surface area contributed by atoms with Crippen LogP contribution >= 0.6 is 11.6 Å². The molecule has 5 nitrogen and oxygen atoms in total. The van der Waals surface area contributed by atoms with E-state index in [0.717, 1.165) is 5.56 Å². The first-order chi connectivity index (χ1) is 9.58. The number of hydrogen-bond donors (Lipinski definition) is 1. The van der Waals surface area contributed by atoms with Gasteiger partial charge < -0.3 is 10.1 Å². The van der Waals surface area contributed by atoms with Gasteiger partial charge in [0.2, 0.25) is 11.8 Å². The van der Waals surface area contributed by atoms with Crippen molar-refractivity contribution < 1.29 is 14.3 Å². The zero-order valence-corrected chi connectivity index (χ0v) is 12.2. The van der Waals surface area contributed by atoms with E-state index < -0.39 is 6.04 Å². The van der Waals surface area contributed by atoms with Gasteiger partial charge in [0, 0.05) is 23.7 Å². The number of hydrogen-bond acceptors (Lipinski definition) is 4. The summed E-state index contributed by atoms with van der Waals surface area (Å²) < 4.78 is 5.24. The summed E-state index contributed by atoms with van der Waals surface area (Å²) in [6.07, 6.45) is 0.194. The lowest BCUT2D eigenvalue weighted by Gasteiger charge is -2.15. The zero-order chi connectivity index (χ0) is 14.7. The number of nitrogens with one attached hydrogen (secondary N) is 1. The molecular weight excluding hydrogens is 280 g/mol. The van der Waals surface area contributed by atoms with Gasteiger partial charge in [-0.05, 0) is 19.1 Å². The van der Waals surface area contributed by atoms with Crippen LogP contribution in [0.25, 0.3) is 0 Å². The highest BCUT2D eigenvalue weighted by Gasteiger charge is 2.37. The molecule has 1 saturated heterocycles. The van der Waals surface area contributed by atoms with E-state index in [-0.39, 0.29) is 18.2 Å². The van der Waals surface area contributed by atoms with E-state index in [2.05, 4.69) is 5.32 Å². The number of carbonyl (C=O) groups excluding carboxylic acids is 2. The third-order valence-corrected chi connectivity index (χ3v) is 3.74. The highest BCUT2D eigenvalue weighted by atomic mass is 35.5. The molecule has 108 valence electrons. The maximum Gasteiger partial charge on any atom is 0.246 e. The standard InChI is InChI=1S/C14H17ClN2O3/c1-3-17-13(18)7-11(14(17)19)16-8-9-10(15)5-4-6-12(9)20-2/h4-6,11,16H,3,7-8H2,1-2H3. The second kappa shape index (κ2) is 6.24. The van der Waals surface area contributed by atoms with Crippen molar-refractivity contribution in [3.05, 3.63) is 28.8 Å². The summed E-state index contributed by atoms with van der Waals surface area (Å²) in [7, 11) is 1.57. The molecule has 20 heavy (non-hydrogen) atoms. The highest BCUT2D eigenvalue weighted by molar-refractivity contribution is 6.31. The maximum absolute atomic E-state index is 12.0. The van der Waals surface area contributed by atoms with Crippen LogP contribution in [0.3, 0.4) is 0 Å². The number of ether oxygens (including phenoxy) is 1. The second-order valence-electron chi connectivity index (χ2n) is 4.53. The van der Waals surface area contributed by atoms with Crippen LogP contribution in [0.1, 0.15) is 18.9 Å². The molecule has 0 spiro atoms. The van der Waals surface area contributed by atoms with Crippen molar-refractivity contribution in [1.82, 2.24) is 10.2 Å². The summed E-state index contributed by atoms with van der Waals surface area (Å²) in [6.45, 7) is 2.57. The molecule has 1 unspecified atom stereocenters. The Morgan fingerprint density at radius 1 is 1.45 bits per heavy atom. The highest BCUT2D eigenvalue weighted by Crippen LogP contribution is 2.26. The van der Waals surface area contributed by atoms with Crippen molar-refractivity contribution in [2.24, 2.45) is 0 Å². The summed E-state index contributed by atoms with van der Waals surface area (Å²) in [6, 6.07) is 4.89. The van der Waals surface area contributed by atoms with E-state index >= 15 is 0 Å². The molecule has 0 aromatic heterocycles. The Morgan fingerprint density at radius 3 is 2.80 bits per heavy atom. The molecule has 1 aliphatic heterocycles. The lowest BCUT2D eigenvalue weighted by atomic mass is 10.1. The van der Waals surface area contributed by atoms with E-state index in [9.17, 15) is 9.59 Å². The van der Waals surface area contributed by atoms with Crippen LogP contribution in [0.15, 0.2) is 18.2 Å². The zero-order valence-electron chi connectivity index (χ0n) is 11.5. The first-order valence-electron chi connectivity index (χ1n) is 6.47. The van der Waals surface area contributed by atoms with Crippen LogP contribution in [0.4, 0.5) is 0 Å². The number of amides is 2. The maximum atomic E-state index is 12.0. The fourth-order valence-corrected chi connectivity index (χ4v) is 2.53. The Labute approximate surface area is 122 Å². The first-order valence-corrected chi connectivity index (χ1v) is 6.85. The Balaban J connectivity index is 2.07. The van der Waals surface area contributed by atoms with Crippen molar-refractivity contribution in [2.45, 2.75) is 25.9 Å². The van der Waals surface area contributed by atoms with Crippen molar-refractivity contribution in [2.75, 3.05) is 13.7 Å². The summed E-state index contributed by atoms with van der Waals surface area (Å²) >= 11 is 6.13. The third-order valence-electron chi connectivity index (χ3n) is 3.38. The molecule has 6 heteroatoms. The molecule has 1 N–H and O–H groups in total. The number of imide groups is 1. The average molecular weight is 297 g/mol. The summed E-state index contributed by atoms with van der Waals surface area (Å²) in [5.74, 6) is 0.346. The molecule has 0 aliphatic carbocycles. The van der Waals surface area contributed by atoms with E-state index in [0.29, 0.717) is 23.9 Å². The van der Waals surface area contributed by atoms with Gasteiger partial charge in [-0.15, -0.1) is 0 Å². The van der Waals surface area contributed by atoms with Gasteiger partial charge in [-0.2, -0.15) is 0 Å². The minimum atomic E-state index is -0.483. The minimum absolute atomic E-state index is 0.138. The number of carbonyl (C=O) groups is 2. The molecule has 0 saturated carbocycles. The minimum Gasteiger partial charge on any atom is -0.496 e. The molecule has 1 fully saturated rings. The van der Waals surface area contributed by atoms with Crippen LogP contribution in [-0.2, 0) is 16.1 Å². The molecule has 2 rings (SSSR count). The molecule has 1 aromatic rings. The van der Waals surface area contributed by atoms with Crippen molar-refractivity contribution in [3.8, 4) is 5.75 Å². The van der Waals surface area contributed by atoms with Gasteiger partial charge in [0.05, 0.1) is 19.6 Å². The molecule has 1 aliphatic rings. The summed E-state index contributed by atoms with van der Waals surface area (Å²) in [4.78, 5) is 24.9. The van der Waals surface area contributed by atoms with Gasteiger partial charge in [-0.25, -0.2) is 0 Å². The van der Waals surface area contributed by atoms with Crippen LogP contribution < -0.4 is 10.1 Å². The Morgan fingerprint density at radius 2 is 2.20 bits per heavy atom. The Bertz CT molecular complexity index is 533. The van der Waals surface area contributed by atoms with Gasteiger partial charge in [0.1, 0.15) is 5.75 Å². The normalized spacial score (nSPS) is 18.8. The Kier molecular flexibility index (Phi) is 4.62. The van der Waals surface area contributed by atoms with Crippen molar-refractivity contribution >= 4 is 23.4 Å². The molecule has 2 amide bonds. The second-order valence-corrected chi connectivity index (χ2v) is 4.94. The molecule has 1 aromatic carbocycles. The molecule has 0 radical (unpaired) electrons. The van der Waals surface area contributed by atoms with Crippen molar-refractivity contribution in [3.63, 3.8) is 0 Å². The average Bonchev–Trinajstić information content (AvgIpc) is 2.71. The van der Waals surface area contributed by atoms with E-state index in [1.165, 1.54) is 4.90 Å². The van der Waals surface area contributed by atoms with Crippen LogP contribution in [0.5, 0.6) is 5.75 Å². The smallest absolute Gasteiger partial charge is 0.246 e. The quantitative estimate of drug-likeness (QED) is 0.838. The SMILES string of the molecule is CCN1C(=O)CC(NCc2c(Cl)cccc2OC)C1=O. The largest absolute Gasteiger partial charge is 0.496 e. The van der Waals surface area contributed by atoms with Crippen LogP contribution in [0.2, 0.25) is 5.02 Å². The lowest BCUT2D eigenvalue weighted by molar-refractivity contribution is -0.138. The fraction of sp³-hybridized carbons (Fsp3) is 0.429. The number of likely N-dealkylation sites (N-methyl/N-ethyl adjacent to an activating group) is 1. The molecule has 0 bridgehead atoms. The third kappa shape index (κ3) is 2.78. The molecule has 1 heterocycles. The van der Waals surface area contributed by atoms with Crippen LogP contribution in [-0.4, -0.2) is 36.4 Å². The van der Waals surface area contributed by atoms with Gasteiger partial charge in [0.25, 0.3) is 0 Å². The predicted octanol–water partition coefficient (Wildman–Crippen LogP) is 1.59. The van der Waals surface area contributed by atoms with Crippen LogP contribution in [0, 0.1) is 0 Å². The predicted molar refractivity (Wildman–Crippen MR) is 75.6 cm³/mol. The summed E-state index contributed by atoms with van der Waals surface area (Å²) in [5.41, 5.74) is 0.784. The lowest BCUT2D eigenvalue weighted by Crippen LogP contribution is -2.38. The number of nitrogens with zero attached hydrogens (tertiary/aromatic N) is 1.